The standard InChI is InChI=1S/C17H30N2O6/c1-16(2,3)24-14(21)18-11-8-9-19(12(10-11)13(20)23-7)15(22)25-17(4,5)6/h11-12H,8-10H2,1-7H3,(H,18,21)/t11-,12?/m1/s1. The normalized spacial score (nSPS) is 21.3. The Morgan fingerprint density at radius 3 is 2.04 bits per heavy atom. The van der Waals surface area contributed by atoms with Crippen molar-refractivity contribution in [2.75, 3.05) is 13.7 Å². The Balaban J connectivity index is 2.77. The van der Waals surface area contributed by atoms with E-state index in [1.54, 1.807) is 41.5 Å². The summed E-state index contributed by atoms with van der Waals surface area (Å²) in [5.74, 6) is -0.540. The first kappa shape index (κ1) is 21.1. The highest BCUT2D eigenvalue weighted by molar-refractivity contribution is 5.82. The fourth-order valence-electron chi connectivity index (χ4n) is 2.47. The Labute approximate surface area is 149 Å². The predicted octanol–water partition coefficient (Wildman–Crippen LogP) is 2.45. The van der Waals surface area contributed by atoms with E-state index >= 15 is 0 Å². The molecule has 0 radical (unpaired) electrons. The molecule has 1 aliphatic heterocycles. The summed E-state index contributed by atoms with van der Waals surface area (Å²) in [6, 6.07) is -1.11. The summed E-state index contributed by atoms with van der Waals surface area (Å²) in [6.45, 7) is 10.9. The lowest BCUT2D eigenvalue weighted by Crippen LogP contribution is -2.56. The van der Waals surface area contributed by atoms with Crippen molar-refractivity contribution in [1.82, 2.24) is 10.2 Å². The van der Waals surface area contributed by atoms with Crippen LogP contribution in [-0.2, 0) is 19.0 Å². The van der Waals surface area contributed by atoms with Crippen LogP contribution in [-0.4, -0.2) is 60.0 Å². The number of ether oxygens (including phenoxy) is 3. The van der Waals surface area contributed by atoms with Crippen LogP contribution in [0.25, 0.3) is 0 Å². The number of rotatable bonds is 2. The molecule has 0 aromatic rings. The second-order valence-corrected chi connectivity index (χ2v) is 8.08. The molecule has 0 aromatic carbocycles. The molecule has 25 heavy (non-hydrogen) atoms. The molecule has 2 amide bonds. The molecule has 8 nitrogen and oxygen atoms in total. The van der Waals surface area contributed by atoms with Gasteiger partial charge in [0, 0.05) is 12.6 Å². The minimum Gasteiger partial charge on any atom is -0.467 e. The molecule has 0 aliphatic carbocycles. The van der Waals surface area contributed by atoms with Crippen molar-refractivity contribution in [2.45, 2.75) is 77.7 Å². The van der Waals surface area contributed by atoms with E-state index in [-0.39, 0.29) is 19.0 Å². The van der Waals surface area contributed by atoms with Crippen molar-refractivity contribution in [3.8, 4) is 0 Å². The fourth-order valence-corrected chi connectivity index (χ4v) is 2.47. The van der Waals surface area contributed by atoms with Crippen LogP contribution in [0.2, 0.25) is 0 Å². The number of alkyl carbamates (subject to hydrolysis) is 1. The third kappa shape index (κ3) is 7.19. The quantitative estimate of drug-likeness (QED) is 0.602. The van der Waals surface area contributed by atoms with E-state index in [1.807, 2.05) is 0 Å². The Morgan fingerprint density at radius 2 is 1.56 bits per heavy atom. The lowest BCUT2D eigenvalue weighted by Gasteiger charge is -2.38. The number of esters is 1. The van der Waals surface area contributed by atoms with E-state index in [4.69, 9.17) is 14.2 Å². The van der Waals surface area contributed by atoms with Crippen molar-refractivity contribution in [1.29, 1.82) is 0 Å². The van der Waals surface area contributed by atoms with Crippen LogP contribution in [0.1, 0.15) is 54.4 Å². The van der Waals surface area contributed by atoms with Crippen LogP contribution in [0.4, 0.5) is 9.59 Å². The molecule has 0 spiro atoms. The Kier molecular flexibility index (Phi) is 6.68. The Bertz CT molecular complexity index is 506. The van der Waals surface area contributed by atoms with Gasteiger partial charge >= 0.3 is 18.2 Å². The summed E-state index contributed by atoms with van der Waals surface area (Å²) in [4.78, 5) is 37.7. The van der Waals surface area contributed by atoms with Gasteiger partial charge in [0.1, 0.15) is 17.2 Å². The van der Waals surface area contributed by atoms with E-state index < -0.39 is 35.4 Å². The number of nitrogens with one attached hydrogen (secondary N) is 1. The number of nitrogens with zero attached hydrogens (tertiary/aromatic N) is 1. The second kappa shape index (κ2) is 7.93. The molecule has 1 aliphatic rings. The number of hydrogen-bond acceptors (Lipinski definition) is 6. The van der Waals surface area contributed by atoms with Gasteiger partial charge in [-0.3, -0.25) is 4.90 Å². The SMILES string of the molecule is COC(=O)C1C[C@H](NC(=O)OC(C)(C)C)CCN1C(=O)OC(C)(C)C. The van der Waals surface area contributed by atoms with Gasteiger partial charge in [0.2, 0.25) is 0 Å². The van der Waals surface area contributed by atoms with Crippen LogP contribution in [0.5, 0.6) is 0 Å². The molecule has 1 N–H and O–H groups in total. The molecule has 1 rings (SSSR count). The highest BCUT2D eigenvalue weighted by Gasteiger charge is 2.39. The molecule has 144 valence electrons. The first-order chi connectivity index (χ1) is 11.3. The number of piperidine rings is 1. The van der Waals surface area contributed by atoms with Gasteiger partial charge in [0.25, 0.3) is 0 Å². The monoisotopic (exact) mass is 358 g/mol. The Hall–Kier alpha value is -1.99. The van der Waals surface area contributed by atoms with Gasteiger partial charge in [-0.25, -0.2) is 14.4 Å². The number of carbonyl (C=O) groups is 3. The fraction of sp³-hybridized carbons (Fsp3) is 0.824. The van der Waals surface area contributed by atoms with E-state index in [0.29, 0.717) is 6.42 Å². The van der Waals surface area contributed by atoms with E-state index in [2.05, 4.69) is 5.32 Å². The van der Waals surface area contributed by atoms with E-state index in [1.165, 1.54) is 12.0 Å². The van der Waals surface area contributed by atoms with Gasteiger partial charge in [0.05, 0.1) is 7.11 Å². The summed E-state index contributed by atoms with van der Waals surface area (Å²) in [7, 11) is 1.26. The van der Waals surface area contributed by atoms with Crippen molar-refractivity contribution in [3.05, 3.63) is 0 Å². The van der Waals surface area contributed by atoms with Crippen molar-refractivity contribution >= 4 is 18.2 Å². The van der Waals surface area contributed by atoms with Crippen molar-refractivity contribution < 1.29 is 28.6 Å². The summed E-state index contributed by atoms with van der Waals surface area (Å²) in [6.07, 6.45) is -0.387. The number of hydrogen-bond donors (Lipinski definition) is 1. The van der Waals surface area contributed by atoms with E-state index in [9.17, 15) is 14.4 Å². The maximum absolute atomic E-state index is 12.3. The number of amides is 2. The van der Waals surface area contributed by atoms with Gasteiger partial charge < -0.3 is 19.5 Å². The van der Waals surface area contributed by atoms with Crippen LogP contribution in [0, 0.1) is 0 Å². The first-order valence-corrected chi connectivity index (χ1v) is 8.39. The smallest absolute Gasteiger partial charge is 0.411 e. The molecule has 1 saturated heterocycles. The van der Waals surface area contributed by atoms with Gasteiger partial charge in [-0.05, 0) is 54.4 Å². The second-order valence-electron chi connectivity index (χ2n) is 8.08. The molecular weight excluding hydrogens is 328 g/mol. The van der Waals surface area contributed by atoms with E-state index in [0.717, 1.165) is 0 Å². The third-order valence-corrected chi connectivity index (χ3v) is 3.42. The van der Waals surface area contributed by atoms with Crippen LogP contribution < -0.4 is 5.32 Å². The lowest BCUT2D eigenvalue weighted by atomic mass is 9.97. The molecule has 1 fully saturated rings. The topological polar surface area (TPSA) is 94.2 Å². The predicted molar refractivity (Wildman–Crippen MR) is 91.1 cm³/mol. The molecule has 8 heteroatoms. The summed E-state index contributed by atoms with van der Waals surface area (Å²) in [5.41, 5.74) is -1.27. The molecular formula is C17H30N2O6. The van der Waals surface area contributed by atoms with Gasteiger partial charge in [-0.2, -0.15) is 0 Å². The average Bonchev–Trinajstić information content (AvgIpc) is 2.42. The van der Waals surface area contributed by atoms with Gasteiger partial charge in [-0.1, -0.05) is 0 Å². The molecule has 1 unspecified atom stereocenters. The molecule has 0 saturated carbocycles. The van der Waals surface area contributed by atoms with Gasteiger partial charge in [0.15, 0.2) is 0 Å². The third-order valence-electron chi connectivity index (χ3n) is 3.42. The maximum Gasteiger partial charge on any atom is 0.411 e. The van der Waals surface area contributed by atoms with Crippen LogP contribution >= 0.6 is 0 Å². The number of likely N-dealkylation sites (tertiary alicyclic amines) is 1. The Morgan fingerprint density at radius 1 is 1.00 bits per heavy atom. The zero-order valence-corrected chi connectivity index (χ0v) is 16.2. The van der Waals surface area contributed by atoms with Crippen LogP contribution in [0.15, 0.2) is 0 Å². The lowest BCUT2D eigenvalue weighted by molar-refractivity contribution is -0.148. The maximum atomic E-state index is 12.3. The highest BCUT2D eigenvalue weighted by Crippen LogP contribution is 2.22. The number of methoxy groups -OCH3 is 1. The highest BCUT2D eigenvalue weighted by atomic mass is 16.6. The largest absolute Gasteiger partial charge is 0.467 e. The summed E-state index contributed by atoms with van der Waals surface area (Å²) < 4.78 is 15.4. The van der Waals surface area contributed by atoms with Crippen molar-refractivity contribution in [2.24, 2.45) is 0 Å². The molecule has 1 heterocycles. The average molecular weight is 358 g/mol. The minimum atomic E-state index is -0.812. The number of carbonyl (C=O) groups excluding carboxylic acids is 3. The molecule has 0 aromatic heterocycles. The molecule has 0 bridgehead atoms. The van der Waals surface area contributed by atoms with Crippen molar-refractivity contribution in [3.63, 3.8) is 0 Å². The summed E-state index contributed by atoms with van der Waals surface area (Å²) in [5, 5.41) is 2.74. The zero-order valence-electron chi connectivity index (χ0n) is 16.2. The molecule has 2 atom stereocenters. The van der Waals surface area contributed by atoms with Gasteiger partial charge in [-0.15, -0.1) is 0 Å². The van der Waals surface area contributed by atoms with Crippen LogP contribution in [0.3, 0.4) is 0 Å². The summed E-state index contributed by atoms with van der Waals surface area (Å²) >= 11 is 0. The first-order valence-electron chi connectivity index (χ1n) is 8.39. The minimum absolute atomic E-state index is 0.241. The zero-order chi connectivity index (χ0) is 19.4.